The molecule has 0 aromatic heterocycles. The maximum absolute atomic E-state index is 12.1. The first-order chi connectivity index (χ1) is 12.7. The summed E-state index contributed by atoms with van der Waals surface area (Å²) in [5.41, 5.74) is -0.697. The van der Waals surface area contributed by atoms with Crippen LogP contribution in [0, 0.1) is 23.7 Å². The van der Waals surface area contributed by atoms with E-state index in [1.54, 1.807) is 0 Å². The van der Waals surface area contributed by atoms with Crippen molar-refractivity contribution in [1.29, 1.82) is 0 Å². The number of aliphatic carboxylic acids is 1. The van der Waals surface area contributed by atoms with Crippen molar-refractivity contribution >= 4 is 41.5 Å². The molecule has 1 saturated carbocycles. The first-order valence-corrected chi connectivity index (χ1v) is 9.86. The Morgan fingerprint density at radius 3 is 2.57 bits per heavy atom. The Bertz CT molecular complexity index is 629. The van der Waals surface area contributed by atoms with Gasteiger partial charge in [0.05, 0.1) is 12.8 Å². The van der Waals surface area contributed by atoms with E-state index in [-0.39, 0.29) is 60.2 Å². The van der Waals surface area contributed by atoms with Gasteiger partial charge in [0.1, 0.15) is 0 Å². The van der Waals surface area contributed by atoms with E-state index in [0.717, 1.165) is 19.3 Å². The topological polar surface area (TPSA) is 101 Å². The number of ether oxygens (including phenoxy) is 3. The zero-order valence-corrected chi connectivity index (χ0v) is 16.0. The van der Waals surface area contributed by atoms with Crippen molar-refractivity contribution in [1.82, 2.24) is 0 Å². The summed E-state index contributed by atoms with van der Waals surface area (Å²) in [4.78, 5) is 34.5. The molecule has 5 rings (SSSR count). The van der Waals surface area contributed by atoms with Crippen LogP contribution in [0.15, 0.2) is 0 Å². The van der Waals surface area contributed by atoms with Crippen LogP contribution in [-0.2, 0) is 33.6 Å². The fourth-order valence-electron chi connectivity index (χ4n) is 5.40. The number of hydrogen-bond donors (Lipinski definition) is 1. The molecule has 0 radical (unpaired) electrons. The first kappa shape index (κ1) is 22.5. The minimum absolute atomic E-state index is 0. The fourth-order valence-corrected chi connectivity index (χ4v) is 5.40. The normalized spacial score (nSPS) is 46.7. The van der Waals surface area contributed by atoms with Crippen molar-refractivity contribution in [2.75, 3.05) is 0 Å². The van der Waals surface area contributed by atoms with E-state index in [0.29, 0.717) is 12.3 Å². The van der Waals surface area contributed by atoms with Gasteiger partial charge < -0.3 is 19.3 Å². The molecule has 4 saturated heterocycles. The maximum atomic E-state index is 12.1. The van der Waals surface area contributed by atoms with Crippen molar-refractivity contribution < 1.29 is 38.7 Å². The second-order valence-corrected chi connectivity index (χ2v) is 8.66. The van der Waals surface area contributed by atoms with Gasteiger partial charge in [0.15, 0.2) is 11.9 Å². The van der Waals surface area contributed by atoms with Crippen molar-refractivity contribution in [3.05, 3.63) is 0 Å². The second-order valence-electron chi connectivity index (χ2n) is 8.66. The number of carbonyl (C=O) groups is 2. The summed E-state index contributed by atoms with van der Waals surface area (Å²) in [6.07, 6.45) is 1.72. The zero-order chi connectivity index (χ0) is 19.4. The molecule has 1 N–H and O–H groups in total. The van der Waals surface area contributed by atoms with Gasteiger partial charge in [-0.05, 0) is 38.0 Å². The molecule has 1 aliphatic carbocycles. The molecule has 0 aromatic rings. The van der Waals surface area contributed by atoms with Gasteiger partial charge in [-0.3, -0.25) is 9.59 Å². The fraction of sp³-hybridized carbons (Fsp3) is 0.895. The summed E-state index contributed by atoms with van der Waals surface area (Å²) < 4.78 is 17.8. The molecule has 0 aromatic carbocycles. The Hall–Kier alpha value is -0.220. The summed E-state index contributed by atoms with van der Waals surface area (Å²) in [7, 11) is 0. The van der Waals surface area contributed by atoms with Crippen LogP contribution in [0.5, 0.6) is 0 Å². The summed E-state index contributed by atoms with van der Waals surface area (Å²) in [6.45, 7) is 6.06. The zero-order valence-electron chi connectivity index (χ0n) is 16.0. The first-order valence-electron chi connectivity index (χ1n) is 9.86. The van der Waals surface area contributed by atoms with Crippen molar-refractivity contribution in [3.8, 4) is 0 Å². The molecule has 154 valence electrons. The number of esters is 1. The molecule has 9 heteroatoms. The Balaban J connectivity index is 0.00000225. The number of hydrogen-bond acceptors (Lipinski definition) is 7. The quantitative estimate of drug-likeness (QED) is 0.428. The van der Waals surface area contributed by atoms with Crippen molar-refractivity contribution in [2.24, 2.45) is 23.7 Å². The van der Waals surface area contributed by atoms with Crippen molar-refractivity contribution in [3.63, 3.8) is 0 Å². The van der Waals surface area contributed by atoms with Gasteiger partial charge in [0, 0.05) is 18.3 Å². The number of fused-ring (bicyclic) bond motifs is 2. The number of carboxylic acids is 1. The number of carbonyl (C=O) groups excluding carboxylic acids is 1. The summed E-state index contributed by atoms with van der Waals surface area (Å²) in [6, 6.07) is 0. The van der Waals surface area contributed by atoms with Gasteiger partial charge in [-0.1, -0.05) is 13.8 Å². The molecule has 1 spiro atoms. The molecule has 0 unspecified atom stereocenters. The van der Waals surface area contributed by atoms with Crippen LogP contribution < -0.4 is 0 Å². The molecule has 5 fully saturated rings. The van der Waals surface area contributed by atoms with Gasteiger partial charge in [-0.25, -0.2) is 9.78 Å². The van der Waals surface area contributed by atoms with Crippen molar-refractivity contribution in [2.45, 2.75) is 83.3 Å². The van der Waals surface area contributed by atoms with Crippen LogP contribution in [0.1, 0.15) is 59.3 Å². The van der Waals surface area contributed by atoms with Crippen LogP contribution in [0.2, 0.25) is 0 Å². The predicted molar refractivity (Wildman–Crippen MR) is 96.9 cm³/mol. The molecule has 8 atom stereocenters. The second kappa shape index (κ2) is 8.13. The summed E-state index contributed by atoms with van der Waals surface area (Å²) in [5, 5.41) is 8.76. The molecule has 2 bridgehead atoms. The molecule has 5 aliphatic rings. The minimum atomic E-state index is -1.03. The standard InChI is InChI=1S/C19H28O8.Na.H/c1-10-4-5-13-11(2)16(23-15(22)7-6-14(20)21)24-17-19(13)12(10)8-9-18(3,25-17)26-27-19;;/h10-13,16-17H,4-9H2,1-3H3,(H,20,21);;/t10-,11-,12+,13+,16+,17-,18-,19-;;/m1../s1. The van der Waals surface area contributed by atoms with E-state index >= 15 is 0 Å². The Morgan fingerprint density at radius 1 is 1.11 bits per heavy atom. The molecule has 0 amide bonds. The van der Waals surface area contributed by atoms with Crippen LogP contribution >= 0.6 is 0 Å². The molecule has 28 heavy (non-hydrogen) atoms. The van der Waals surface area contributed by atoms with E-state index in [1.807, 2.05) is 13.8 Å². The third kappa shape index (κ3) is 3.66. The van der Waals surface area contributed by atoms with Gasteiger partial charge in [0.25, 0.3) is 0 Å². The van der Waals surface area contributed by atoms with Gasteiger partial charge >= 0.3 is 41.5 Å². The number of carboxylic acid groups (broad SMARTS) is 1. The van der Waals surface area contributed by atoms with Crippen LogP contribution in [0.4, 0.5) is 0 Å². The third-order valence-electron chi connectivity index (χ3n) is 6.89. The molecule has 4 aliphatic heterocycles. The monoisotopic (exact) mass is 408 g/mol. The number of rotatable bonds is 4. The van der Waals surface area contributed by atoms with E-state index < -0.39 is 35.9 Å². The Labute approximate surface area is 186 Å². The SMILES string of the molecule is C[C@H]1[C@@H](OC(=O)CCC(=O)O)O[C@@H]2O[C@@]3(C)CC[C@H]4[C@H](C)CC[C@@H]1[C@@]24OO3.[NaH]. The van der Waals surface area contributed by atoms with Crippen LogP contribution in [0.25, 0.3) is 0 Å². The predicted octanol–water partition coefficient (Wildman–Crippen LogP) is 1.95. The van der Waals surface area contributed by atoms with E-state index in [4.69, 9.17) is 29.1 Å². The Morgan fingerprint density at radius 2 is 1.86 bits per heavy atom. The van der Waals surface area contributed by atoms with E-state index in [1.165, 1.54) is 0 Å². The average molecular weight is 408 g/mol. The third-order valence-corrected chi connectivity index (χ3v) is 6.89. The molecular weight excluding hydrogens is 379 g/mol. The summed E-state index contributed by atoms with van der Waals surface area (Å²) in [5.74, 6) is -1.82. The van der Waals surface area contributed by atoms with Gasteiger partial charge in [0.2, 0.25) is 12.1 Å². The summed E-state index contributed by atoms with van der Waals surface area (Å²) >= 11 is 0. The molecular formula is C19H29NaO8. The van der Waals surface area contributed by atoms with Crippen LogP contribution in [-0.4, -0.2) is 70.6 Å². The van der Waals surface area contributed by atoms with Gasteiger partial charge in [-0.2, -0.15) is 0 Å². The Kier molecular flexibility index (Phi) is 6.53. The van der Waals surface area contributed by atoms with E-state index in [2.05, 4.69) is 6.92 Å². The van der Waals surface area contributed by atoms with Gasteiger partial charge in [-0.15, -0.1) is 0 Å². The average Bonchev–Trinajstić information content (AvgIpc) is 2.84. The van der Waals surface area contributed by atoms with E-state index in [9.17, 15) is 9.59 Å². The van der Waals surface area contributed by atoms with Crippen LogP contribution in [0.3, 0.4) is 0 Å². The molecule has 8 nitrogen and oxygen atoms in total. The molecule has 4 heterocycles.